The van der Waals surface area contributed by atoms with Gasteiger partial charge in [0.25, 0.3) is 0 Å². The second-order valence-corrected chi connectivity index (χ2v) is 5.72. The lowest BCUT2D eigenvalue weighted by Gasteiger charge is -2.20. The highest BCUT2D eigenvalue weighted by molar-refractivity contribution is 5.93. The Bertz CT molecular complexity index is 630. The molecule has 1 saturated heterocycles. The topological polar surface area (TPSA) is 72.6 Å². The van der Waals surface area contributed by atoms with E-state index in [2.05, 4.69) is 0 Å². The molecule has 1 heterocycles. The number of alkyl halides is 1. The summed E-state index contributed by atoms with van der Waals surface area (Å²) in [5.74, 6) is -0.316. The monoisotopic (exact) mass is 320 g/mol. The highest BCUT2D eigenvalue weighted by atomic mass is 19.1. The second-order valence-electron chi connectivity index (χ2n) is 5.72. The van der Waals surface area contributed by atoms with Crippen LogP contribution in [0.5, 0.6) is 5.75 Å². The lowest BCUT2D eigenvalue weighted by molar-refractivity contribution is -0.133. The second kappa shape index (κ2) is 7.26. The first kappa shape index (κ1) is 17.0. The molecule has 0 bridgehead atoms. The van der Waals surface area contributed by atoms with Crippen molar-refractivity contribution in [2.45, 2.75) is 32.0 Å². The number of amides is 2. The lowest BCUT2D eigenvalue weighted by Crippen LogP contribution is -2.43. The molecule has 0 unspecified atom stereocenters. The molecule has 1 aliphatic heterocycles. The summed E-state index contributed by atoms with van der Waals surface area (Å²) < 4.78 is 18.8. The van der Waals surface area contributed by atoms with Crippen LogP contribution in [0.1, 0.15) is 18.9 Å². The van der Waals surface area contributed by atoms with Gasteiger partial charge in [0.05, 0.1) is 13.7 Å². The number of allylic oxidation sites excluding steroid dienone is 1. The summed E-state index contributed by atoms with van der Waals surface area (Å²) in [7, 11) is 1.59. The van der Waals surface area contributed by atoms with E-state index in [1.54, 1.807) is 7.11 Å². The minimum Gasteiger partial charge on any atom is -0.496 e. The van der Waals surface area contributed by atoms with Crippen LogP contribution in [-0.2, 0) is 16.0 Å². The van der Waals surface area contributed by atoms with Crippen molar-refractivity contribution in [1.29, 1.82) is 0 Å². The third kappa shape index (κ3) is 4.09. The average Bonchev–Trinajstić information content (AvgIpc) is 2.90. The van der Waals surface area contributed by atoms with Gasteiger partial charge in [-0.3, -0.25) is 9.59 Å². The van der Waals surface area contributed by atoms with E-state index in [1.165, 1.54) is 11.0 Å². The van der Waals surface area contributed by atoms with Crippen molar-refractivity contribution in [2.24, 2.45) is 5.73 Å². The van der Waals surface area contributed by atoms with E-state index in [0.29, 0.717) is 6.42 Å². The molecule has 124 valence electrons. The minimum atomic E-state index is -1.21. The zero-order chi connectivity index (χ0) is 17.0. The van der Waals surface area contributed by atoms with Crippen LogP contribution >= 0.6 is 0 Å². The number of ether oxygens (including phenoxy) is 1. The van der Waals surface area contributed by atoms with Gasteiger partial charge in [-0.1, -0.05) is 23.8 Å². The van der Waals surface area contributed by atoms with Crippen molar-refractivity contribution in [3.05, 3.63) is 41.5 Å². The first-order valence-electron chi connectivity index (χ1n) is 7.45. The number of benzene rings is 1. The number of nitrogens with zero attached hydrogens (tertiary/aromatic N) is 1. The standard InChI is InChI=1S/C17H21FN2O3/c1-11(7-12-5-3-4-6-15(12)23-2)8-16(21)20-10-13(18)9-14(20)17(19)22/h3-6,8,13-14H,7,9-10H2,1-2H3,(H2,19,22)/b11-8+/t13-,14+/m1/s1. The molecule has 1 aliphatic rings. The molecule has 1 aromatic rings. The molecule has 2 atom stereocenters. The van der Waals surface area contributed by atoms with E-state index < -0.39 is 18.1 Å². The van der Waals surface area contributed by atoms with E-state index in [9.17, 15) is 14.0 Å². The molecule has 0 aromatic heterocycles. The number of primary amides is 1. The Morgan fingerprint density at radius 1 is 1.43 bits per heavy atom. The summed E-state index contributed by atoms with van der Waals surface area (Å²) in [5.41, 5.74) is 6.99. The predicted octanol–water partition coefficient (Wildman–Crippen LogP) is 1.61. The Morgan fingerprint density at radius 2 is 2.13 bits per heavy atom. The normalized spacial score (nSPS) is 21.3. The SMILES string of the molecule is COc1ccccc1C/C(C)=C/C(=O)N1C[C@H](F)C[C@H]1C(N)=O. The number of halogens is 1. The van der Waals surface area contributed by atoms with Gasteiger partial charge in [-0.15, -0.1) is 0 Å². The van der Waals surface area contributed by atoms with Crippen LogP contribution in [0.15, 0.2) is 35.9 Å². The van der Waals surface area contributed by atoms with E-state index >= 15 is 0 Å². The van der Waals surface area contributed by atoms with Crippen molar-refractivity contribution in [3.63, 3.8) is 0 Å². The number of carbonyl (C=O) groups is 2. The molecule has 2 N–H and O–H groups in total. The number of hydrogen-bond donors (Lipinski definition) is 1. The molecule has 2 amide bonds. The number of rotatable bonds is 5. The number of carbonyl (C=O) groups excluding carboxylic acids is 2. The molecular formula is C17H21FN2O3. The van der Waals surface area contributed by atoms with Crippen LogP contribution < -0.4 is 10.5 Å². The molecule has 6 heteroatoms. The van der Waals surface area contributed by atoms with Crippen LogP contribution in [0.3, 0.4) is 0 Å². The fraction of sp³-hybridized carbons (Fsp3) is 0.412. The Morgan fingerprint density at radius 3 is 2.78 bits per heavy atom. The van der Waals surface area contributed by atoms with E-state index in [-0.39, 0.29) is 18.9 Å². The first-order valence-corrected chi connectivity index (χ1v) is 7.45. The summed E-state index contributed by atoms with van der Waals surface area (Å²) in [4.78, 5) is 24.9. The highest BCUT2D eigenvalue weighted by Crippen LogP contribution is 2.23. The molecular weight excluding hydrogens is 299 g/mol. The third-order valence-corrected chi connectivity index (χ3v) is 3.89. The fourth-order valence-corrected chi connectivity index (χ4v) is 2.79. The summed E-state index contributed by atoms with van der Waals surface area (Å²) in [6, 6.07) is 6.66. The van der Waals surface area contributed by atoms with Gasteiger partial charge in [0.15, 0.2) is 0 Å². The predicted molar refractivity (Wildman–Crippen MR) is 84.7 cm³/mol. The number of likely N-dealkylation sites (tertiary alicyclic amines) is 1. The molecule has 2 rings (SSSR count). The maximum atomic E-state index is 13.5. The van der Waals surface area contributed by atoms with Gasteiger partial charge in [-0.05, 0) is 25.0 Å². The molecule has 5 nitrogen and oxygen atoms in total. The Kier molecular flexibility index (Phi) is 5.36. The average molecular weight is 320 g/mol. The number of hydrogen-bond acceptors (Lipinski definition) is 3. The number of para-hydroxylation sites is 1. The van der Waals surface area contributed by atoms with Gasteiger partial charge in [-0.25, -0.2) is 4.39 Å². The van der Waals surface area contributed by atoms with Crippen molar-refractivity contribution >= 4 is 11.8 Å². The smallest absolute Gasteiger partial charge is 0.247 e. The molecule has 23 heavy (non-hydrogen) atoms. The van der Waals surface area contributed by atoms with E-state index in [0.717, 1.165) is 16.9 Å². The van der Waals surface area contributed by atoms with Gasteiger partial charge in [-0.2, -0.15) is 0 Å². The molecule has 0 radical (unpaired) electrons. The summed E-state index contributed by atoms with van der Waals surface area (Å²) >= 11 is 0. The van der Waals surface area contributed by atoms with Crippen molar-refractivity contribution in [3.8, 4) is 5.75 Å². The van der Waals surface area contributed by atoms with Crippen molar-refractivity contribution < 1.29 is 18.7 Å². The Balaban J connectivity index is 2.11. The van der Waals surface area contributed by atoms with Crippen molar-refractivity contribution in [1.82, 2.24) is 4.90 Å². The van der Waals surface area contributed by atoms with Gasteiger partial charge >= 0.3 is 0 Å². The zero-order valence-electron chi connectivity index (χ0n) is 13.3. The van der Waals surface area contributed by atoms with Crippen LogP contribution in [0, 0.1) is 0 Å². The quantitative estimate of drug-likeness (QED) is 0.838. The summed E-state index contributed by atoms with van der Waals surface area (Å²) in [5, 5.41) is 0. The maximum Gasteiger partial charge on any atom is 0.247 e. The molecule has 1 fully saturated rings. The van der Waals surface area contributed by atoms with Gasteiger partial charge in [0.2, 0.25) is 11.8 Å². The minimum absolute atomic E-state index is 0.0273. The summed E-state index contributed by atoms with van der Waals surface area (Å²) in [6.45, 7) is 1.72. The maximum absolute atomic E-state index is 13.5. The molecule has 1 aromatic carbocycles. The largest absolute Gasteiger partial charge is 0.496 e. The summed E-state index contributed by atoms with van der Waals surface area (Å²) in [6.07, 6.45) is 0.726. The van der Waals surface area contributed by atoms with E-state index in [1.807, 2.05) is 31.2 Å². The first-order chi connectivity index (χ1) is 10.9. The Labute approximate surface area is 134 Å². The lowest BCUT2D eigenvalue weighted by atomic mass is 10.0. The van der Waals surface area contributed by atoms with Gasteiger partial charge < -0.3 is 15.4 Å². The van der Waals surface area contributed by atoms with E-state index in [4.69, 9.17) is 10.5 Å². The molecule has 0 spiro atoms. The Hall–Kier alpha value is -2.37. The fourth-order valence-electron chi connectivity index (χ4n) is 2.79. The van der Waals surface area contributed by atoms with Crippen LogP contribution in [-0.4, -0.2) is 42.6 Å². The highest BCUT2D eigenvalue weighted by Gasteiger charge is 2.37. The number of methoxy groups -OCH3 is 1. The van der Waals surface area contributed by atoms with Crippen LogP contribution in [0.25, 0.3) is 0 Å². The van der Waals surface area contributed by atoms with Crippen molar-refractivity contribution in [2.75, 3.05) is 13.7 Å². The van der Waals surface area contributed by atoms with Gasteiger partial charge in [0.1, 0.15) is 18.0 Å². The van der Waals surface area contributed by atoms with Crippen LogP contribution in [0.4, 0.5) is 4.39 Å². The third-order valence-electron chi connectivity index (χ3n) is 3.89. The van der Waals surface area contributed by atoms with Crippen LogP contribution in [0.2, 0.25) is 0 Å². The number of nitrogens with two attached hydrogens (primary N) is 1. The molecule has 0 aliphatic carbocycles. The molecule has 0 saturated carbocycles. The van der Waals surface area contributed by atoms with Gasteiger partial charge in [0, 0.05) is 12.5 Å². The zero-order valence-corrected chi connectivity index (χ0v) is 13.3.